The van der Waals surface area contributed by atoms with E-state index < -0.39 is 96.5 Å². The summed E-state index contributed by atoms with van der Waals surface area (Å²) in [4.78, 5) is 59.6. The molecule has 0 aromatic heterocycles. The van der Waals surface area contributed by atoms with Crippen LogP contribution in [0.4, 0.5) is 13.2 Å². The topological polar surface area (TPSA) is 159 Å². The summed E-state index contributed by atoms with van der Waals surface area (Å²) in [5.41, 5.74) is -1.17. The number of hydrogen-bond acceptors (Lipinski definition) is 12. The average molecular weight is 751 g/mol. The summed E-state index contributed by atoms with van der Waals surface area (Å²) in [7, 11) is 0. The van der Waals surface area contributed by atoms with E-state index in [1.807, 2.05) is 0 Å². The van der Waals surface area contributed by atoms with Crippen LogP contribution in [-0.4, -0.2) is 101 Å². The lowest BCUT2D eigenvalue weighted by atomic mass is 9.62. The lowest BCUT2D eigenvalue weighted by Gasteiger charge is -2.49. The number of hydroxylamine groups is 2. The molecule has 6 fully saturated rings. The van der Waals surface area contributed by atoms with Crippen molar-refractivity contribution in [3.8, 4) is 0 Å². The van der Waals surface area contributed by atoms with E-state index in [9.17, 15) is 37.5 Å². The van der Waals surface area contributed by atoms with Crippen molar-refractivity contribution in [1.29, 1.82) is 0 Å². The van der Waals surface area contributed by atoms with Gasteiger partial charge in [-0.1, -0.05) is 24.3 Å². The molecular weight excluding hydrogens is 705 g/mol. The Hall–Kier alpha value is -3.57. The zero-order chi connectivity index (χ0) is 37.9. The minimum absolute atomic E-state index is 0.0210. The maximum Gasteiger partial charge on any atom is 0.422 e. The quantitative estimate of drug-likeness (QED) is 0.172. The molecule has 1 aromatic rings. The fraction of sp³-hybridized carbons (Fsp3) is 0.676. The first-order valence-electron chi connectivity index (χ1n) is 18.1. The van der Waals surface area contributed by atoms with Crippen LogP contribution in [0.3, 0.4) is 0 Å². The van der Waals surface area contributed by atoms with E-state index in [0.29, 0.717) is 11.1 Å². The molecule has 2 bridgehead atoms. The average Bonchev–Trinajstić information content (AvgIpc) is 4.03. The fourth-order valence-electron chi connectivity index (χ4n) is 8.22. The molecule has 6 aliphatic rings. The van der Waals surface area contributed by atoms with Crippen LogP contribution >= 0.6 is 0 Å². The highest BCUT2D eigenvalue weighted by Gasteiger charge is 2.78. The molecule has 7 atom stereocenters. The molecule has 3 saturated carbocycles. The molecule has 0 spiro atoms. The van der Waals surface area contributed by atoms with E-state index in [2.05, 4.69) is 10.1 Å². The minimum atomic E-state index is -4.66. The van der Waals surface area contributed by atoms with Gasteiger partial charge in [0, 0.05) is 30.8 Å². The van der Waals surface area contributed by atoms with Crippen molar-refractivity contribution in [2.75, 3.05) is 13.2 Å². The Morgan fingerprint density at radius 1 is 1.09 bits per heavy atom. The van der Waals surface area contributed by atoms with Gasteiger partial charge < -0.3 is 34.1 Å². The number of hydrogen-bond donors (Lipinski definition) is 2. The summed E-state index contributed by atoms with van der Waals surface area (Å²) in [6.45, 7) is 3.03. The second-order valence-corrected chi connectivity index (χ2v) is 15.9. The molecule has 3 heterocycles. The molecule has 0 radical (unpaired) electrons. The Morgan fingerprint density at radius 3 is 2.43 bits per heavy atom. The summed E-state index contributed by atoms with van der Waals surface area (Å²) in [5.74, 6) is -3.37. The number of aliphatic hydroxyl groups is 1. The van der Waals surface area contributed by atoms with Crippen molar-refractivity contribution in [3.63, 3.8) is 0 Å². The molecule has 16 heteroatoms. The minimum Gasteiger partial charge on any atom is -0.460 e. The lowest BCUT2D eigenvalue weighted by Crippen LogP contribution is -2.70. The highest BCUT2D eigenvalue weighted by Crippen LogP contribution is 2.63. The van der Waals surface area contributed by atoms with Gasteiger partial charge in [-0.15, -0.1) is 0 Å². The first kappa shape index (κ1) is 37.7. The molecule has 3 saturated heterocycles. The van der Waals surface area contributed by atoms with Crippen molar-refractivity contribution in [2.24, 2.45) is 17.3 Å². The van der Waals surface area contributed by atoms with Crippen molar-refractivity contribution in [1.82, 2.24) is 10.4 Å². The van der Waals surface area contributed by atoms with Gasteiger partial charge in [-0.3, -0.25) is 19.2 Å². The normalized spacial score (nSPS) is 31.2. The Balaban J connectivity index is 1.15. The third kappa shape index (κ3) is 7.70. The molecule has 1 amide bonds. The van der Waals surface area contributed by atoms with Gasteiger partial charge in [-0.2, -0.15) is 18.2 Å². The van der Waals surface area contributed by atoms with Gasteiger partial charge in [-0.25, -0.2) is 4.79 Å². The van der Waals surface area contributed by atoms with Crippen LogP contribution in [0, 0.1) is 17.3 Å². The maximum atomic E-state index is 14.7. The summed E-state index contributed by atoms with van der Waals surface area (Å²) in [6.07, 6.45) is -1.82. The number of nitrogens with zero attached hydrogens (tertiary/aromatic N) is 1. The number of fused-ring (bicyclic) bond motifs is 4. The van der Waals surface area contributed by atoms with Gasteiger partial charge >= 0.3 is 24.1 Å². The summed E-state index contributed by atoms with van der Waals surface area (Å²) in [5, 5.41) is 14.6. The van der Waals surface area contributed by atoms with E-state index in [0.717, 1.165) is 31.8 Å². The predicted molar refractivity (Wildman–Crippen MR) is 176 cm³/mol. The van der Waals surface area contributed by atoms with Gasteiger partial charge in [0.2, 0.25) is 5.91 Å². The number of halogens is 3. The smallest absolute Gasteiger partial charge is 0.422 e. The van der Waals surface area contributed by atoms with E-state index >= 15 is 0 Å². The highest BCUT2D eigenvalue weighted by atomic mass is 19.4. The maximum absolute atomic E-state index is 14.7. The number of amides is 1. The molecule has 1 aromatic carbocycles. The van der Waals surface area contributed by atoms with Gasteiger partial charge in [0.05, 0.1) is 19.2 Å². The van der Waals surface area contributed by atoms with Gasteiger partial charge in [-0.05, 0) is 70.1 Å². The molecule has 53 heavy (non-hydrogen) atoms. The fourth-order valence-corrected chi connectivity index (χ4v) is 8.22. The lowest BCUT2D eigenvalue weighted by molar-refractivity contribution is -0.235. The molecule has 3 aliphatic carbocycles. The van der Waals surface area contributed by atoms with E-state index in [1.54, 1.807) is 45.0 Å². The van der Waals surface area contributed by atoms with Crippen molar-refractivity contribution >= 4 is 29.9 Å². The second kappa shape index (κ2) is 13.9. The number of esters is 3. The molecule has 2 N–H and O–H groups in total. The number of benzene rings is 1. The van der Waals surface area contributed by atoms with Crippen molar-refractivity contribution in [2.45, 2.75) is 126 Å². The Kier molecular flexibility index (Phi) is 9.92. The Morgan fingerprint density at radius 2 is 1.79 bits per heavy atom. The third-order valence-corrected chi connectivity index (χ3v) is 10.7. The summed E-state index contributed by atoms with van der Waals surface area (Å²) in [6, 6.07) is 4.62. The Bertz CT molecular complexity index is 1630. The summed E-state index contributed by atoms with van der Waals surface area (Å²) >= 11 is 0. The van der Waals surface area contributed by atoms with Crippen LogP contribution in [0.15, 0.2) is 30.3 Å². The molecule has 3 aliphatic heterocycles. The number of rotatable bonds is 13. The number of alkyl halides is 3. The monoisotopic (exact) mass is 750 g/mol. The van der Waals surface area contributed by atoms with E-state index in [1.165, 1.54) is 11.1 Å². The first-order chi connectivity index (χ1) is 25.0. The molecular formula is C37H45F3N2O11. The first-order valence-corrected chi connectivity index (χ1v) is 18.1. The standard InChI is InChI=1S/C37H45F3N2O11/c1-34(2,3)50-27(45)14-12-24(18-43)41-33(47)35-16-25-28-29(52-37(51-28,22-8-9-22)23-10-11-23)31(35)53-42(30(35)32(46)49-25)17-21-6-4-5-20(15-21)7-13-26(44)48-19-36(38,39)40/h4-7,13,15,22-25,28-31,43H,8-12,14,16-19H2,1-3H3,(H,41,47)/t24-,25+,28-,29-,30-,31+,35-/m0/s1. The number of carbonyl (C=O) groups is 4. The Labute approximate surface area is 304 Å². The SMILES string of the molecule is CC(C)(C)OC(=O)CC[C@@H](CO)NC(=O)[C@@]12C[C@H]3OC(=O)[C@@H]1N(Cc1cccc(C=CC(=O)OCC(F)(F)F)c1)O[C@@H]2[C@H]1OC(C2CC2)(C2CC2)O[C@H]13. The van der Waals surface area contributed by atoms with Crippen molar-refractivity contribution < 1.29 is 66.0 Å². The van der Waals surface area contributed by atoms with E-state index in [4.69, 9.17) is 23.8 Å². The number of nitrogens with one attached hydrogen (secondary N) is 1. The van der Waals surface area contributed by atoms with Gasteiger partial charge in [0.1, 0.15) is 35.4 Å². The zero-order valence-electron chi connectivity index (χ0n) is 29.8. The molecule has 7 rings (SSSR count). The highest BCUT2D eigenvalue weighted by molar-refractivity contribution is 5.94. The van der Waals surface area contributed by atoms with Gasteiger partial charge in [0.15, 0.2) is 18.4 Å². The van der Waals surface area contributed by atoms with Crippen LogP contribution in [0.25, 0.3) is 6.08 Å². The van der Waals surface area contributed by atoms with Crippen molar-refractivity contribution in [3.05, 3.63) is 41.5 Å². The number of ether oxygens (including phenoxy) is 5. The summed E-state index contributed by atoms with van der Waals surface area (Å²) < 4.78 is 66.7. The van der Waals surface area contributed by atoms with E-state index in [-0.39, 0.29) is 37.6 Å². The number of carbonyl (C=O) groups excluding carboxylic acids is 4. The zero-order valence-corrected chi connectivity index (χ0v) is 29.8. The third-order valence-electron chi connectivity index (χ3n) is 10.7. The van der Waals surface area contributed by atoms with Crippen LogP contribution in [0.5, 0.6) is 0 Å². The molecule has 290 valence electrons. The predicted octanol–water partition coefficient (Wildman–Crippen LogP) is 3.50. The van der Waals surface area contributed by atoms with Crippen LogP contribution < -0.4 is 5.32 Å². The molecule has 0 unspecified atom stereocenters. The number of aliphatic hydroxyl groups excluding tert-OH is 1. The second-order valence-electron chi connectivity index (χ2n) is 15.9. The largest absolute Gasteiger partial charge is 0.460 e. The molecule has 13 nitrogen and oxygen atoms in total. The van der Waals surface area contributed by atoms with Crippen LogP contribution in [0.2, 0.25) is 0 Å². The van der Waals surface area contributed by atoms with Gasteiger partial charge in [0.25, 0.3) is 0 Å². The van der Waals surface area contributed by atoms with Crippen LogP contribution in [0.1, 0.15) is 76.8 Å². The van der Waals surface area contributed by atoms with Crippen LogP contribution in [-0.2, 0) is 54.2 Å².